The van der Waals surface area contributed by atoms with Gasteiger partial charge in [-0.2, -0.15) is 0 Å². The lowest BCUT2D eigenvalue weighted by Gasteiger charge is -1.98. The third kappa shape index (κ3) is 1.48. The van der Waals surface area contributed by atoms with Crippen LogP contribution >= 0.6 is 10.5 Å². The van der Waals surface area contributed by atoms with Gasteiger partial charge >= 0.3 is 0 Å². The molecular weight excluding hydrogens is 158 g/mol. The summed E-state index contributed by atoms with van der Waals surface area (Å²) in [5.74, 6) is 0.955. The van der Waals surface area contributed by atoms with E-state index in [2.05, 4.69) is 15.8 Å². The maximum Gasteiger partial charge on any atom is 0.0927 e. The number of hydrazine groups is 1. The van der Waals surface area contributed by atoms with Gasteiger partial charge in [-0.3, -0.25) is 4.98 Å². The summed E-state index contributed by atoms with van der Waals surface area (Å²) >= 11 is 0. The number of nitrogens with zero attached hydrogens (tertiary/aromatic N) is 1. The van der Waals surface area contributed by atoms with Gasteiger partial charge in [-0.15, -0.1) is 10.5 Å². The first-order valence-corrected chi connectivity index (χ1v) is 4.85. The van der Waals surface area contributed by atoms with E-state index in [1.807, 2.05) is 29.9 Å². The third-order valence-corrected chi connectivity index (χ3v) is 3.07. The van der Waals surface area contributed by atoms with Gasteiger partial charge in [0.2, 0.25) is 0 Å². The monoisotopic (exact) mass is 167 g/mol. The molecule has 0 spiro atoms. The second-order valence-electron chi connectivity index (χ2n) is 2.18. The molecule has 0 saturated carbocycles. The summed E-state index contributed by atoms with van der Waals surface area (Å²) in [5, 5.41) is 1.14. The molecule has 3 nitrogen and oxygen atoms in total. The molecule has 4 heteroatoms. The highest BCUT2D eigenvalue weighted by Crippen LogP contribution is 2.22. The molecule has 1 atom stereocenters. The predicted octanol–water partition coefficient (Wildman–Crippen LogP) is 0.534. The van der Waals surface area contributed by atoms with E-state index in [1.54, 1.807) is 0 Å². The Bertz CT molecular complexity index is 270. The molecule has 0 fully saturated rings. The quantitative estimate of drug-likeness (QED) is 0.599. The maximum absolute atomic E-state index is 4.26. The average Bonchev–Trinajstić information content (AvgIpc) is 2.58. The van der Waals surface area contributed by atoms with Crippen molar-refractivity contribution in [2.45, 2.75) is 5.03 Å². The van der Waals surface area contributed by atoms with Crippen molar-refractivity contribution in [1.29, 1.82) is 0 Å². The SMILES string of the molecule is C1=S(c2ccccn2)CNN1. The molecule has 0 radical (unpaired) electrons. The van der Waals surface area contributed by atoms with Crippen LogP contribution in [0.25, 0.3) is 0 Å². The van der Waals surface area contributed by atoms with Crippen molar-refractivity contribution >= 4 is 16.0 Å². The molecule has 0 aliphatic carbocycles. The van der Waals surface area contributed by atoms with Gasteiger partial charge in [0.25, 0.3) is 0 Å². The smallest absolute Gasteiger partial charge is 0.0927 e. The van der Waals surface area contributed by atoms with E-state index >= 15 is 0 Å². The summed E-state index contributed by atoms with van der Waals surface area (Å²) in [4.78, 5) is 4.26. The van der Waals surface area contributed by atoms with Gasteiger partial charge in [0.1, 0.15) is 0 Å². The van der Waals surface area contributed by atoms with E-state index in [0.29, 0.717) is 0 Å². The van der Waals surface area contributed by atoms with Crippen LogP contribution in [0.15, 0.2) is 29.4 Å². The zero-order valence-corrected chi connectivity index (χ0v) is 6.77. The molecule has 2 N–H and O–H groups in total. The number of hydrogen-bond donors (Lipinski definition) is 2. The molecular formula is C7H9N3S. The van der Waals surface area contributed by atoms with Gasteiger partial charge in [0, 0.05) is 11.7 Å². The van der Waals surface area contributed by atoms with Crippen LogP contribution in [0.2, 0.25) is 0 Å². The topological polar surface area (TPSA) is 37.0 Å². The van der Waals surface area contributed by atoms with Crippen molar-refractivity contribution in [3.05, 3.63) is 24.4 Å². The van der Waals surface area contributed by atoms with Crippen molar-refractivity contribution in [3.8, 4) is 0 Å². The minimum Gasteiger partial charge on any atom is -0.250 e. The van der Waals surface area contributed by atoms with Crippen LogP contribution in [-0.4, -0.2) is 16.4 Å². The average molecular weight is 167 g/mol. The van der Waals surface area contributed by atoms with Crippen LogP contribution in [0.4, 0.5) is 0 Å². The van der Waals surface area contributed by atoms with Crippen molar-refractivity contribution in [1.82, 2.24) is 15.8 Å². The number of pyridine rings is 1. The third-order valence-electron chi connectivity index (χ3n) is 1.44. The van der Waals surface area contributed by atoms with Crippen molar-refractivity contribution in [3.63, 3.8) is 0 Å². The predicted molar refractivity (Wildman–Crippen MR) is 47.3 cm³/mol. The normalized spacial score (nSPS) is 23.1. The van der Waals surface area contributed by atoms with Gasteiger partial charge in [-0.05, 0) is 12.1 Å². The number of rotatable bonds is 1. The largest absolute Gasteiger partial charge is 0.250 e. The van der Waals surface area contributed by atoms with Crippen LogP contribution in [0, 0.1) is 0 Å². The lowest BCUT2D eigenvalue weighted by atomic mass is 10.5. The maximum atomic E-state index is 4.26. The summed E-state index contributed by atoms with van der Waals surface area (Å²) in [5.41, 5.74) is 8.05. The van der Waals surface area contributed by atoms with Gasteiger partial charge in [0.15, 0.2) is 0 Å². The Kier molecular flexibility index (Phi) is 1.98. The Morgan fingerprint density at radius 2 is 2.45 bits per heavy atom. The molecule has 1 aromatic heterocycles. The van der Waals surface area contributed by atoms with E-state index < -0.39 is 0 Å². The van der Waals surface area contributed by atoms with Crippen molar-refractivity contribution in [2.24, 2.45) is 0 Å². The molecule has 1 aliphatic rings. The Morgan fingerprint density at radius 3 is 3.09 bits per heavy atom. The Balaban J connectivity index is 2.29. The molecule has 2 rings (SSSR count). The van der Waals surface area contributed by atoms with Gasteiger partial charge in [-0.25, -0.2) is 10.9 Å². The van der Waals surface area contributed by atoms with E-state index in [9.17, 15) is 0 Å². The Hall–Kier alpha value is -0.710. The molecule has 0 amide bonds. The van der Waals surface area contributed by atoms with E-state index in [0.717, 1.165) is 10.9 Å². The fourth-order valence-corrected chi connectivity index (χ4v) is 2.18. The summed E-state index contributed by atoms with van der Waals surface area (Å²) in [6.45, 7) is 0. The first-order valence-electron chi connectivity index (χ1n) is 3.39. The standard InChI is InChI=1S/C7H9N3S/c1-2-4-8-7(3-1)11-5-9-10-6-11/h1-5,9-10H,6H2. The summed E-state index contributed by atoms with van der Waals surface area (Å²) in [7, 11) is 0.151. The van der Waals surface area contributed by atoms with E-state index in [1.165, 1.54) is 0 Å². The lowest BCUT2D eigenvalue weighted by Crippen LogP contribution is -2.22. The van der Waals surface area contributed by atoms with Crippen LogP contribution in [-0.2, 0) is 0 Å². The van der Waals surface area contributed by atoms with E-state index in [-0.39, 0.29) is 10.5 Å². The second kappa shape index (κ2) is 3.13. The van der Waals surface area contributed by atoms with Crippen LogP contribution in [0.5, 0.6) is 0 Å². The van der Waals surface area contributed by atoms with Gasteiger partial charge in [0.05, 0.1) is 10.9 Å². The van der Waals surface area contributed by atoms with Crippen LogP contribution in [0.3, 0.4) is 0 Å². The minimum atomic E-state index is 0.151. The highest BCUT2D eigenvalue weighted by molar-refractivity contribution is 8.15. The minimum absolute atomic E-state index is 0.151. The van der Waals surface area contributed by atoms with Gasteiger partial charge < -0.3 is 0 Å². The zero-order valence-electron chi connectivity index (χ0n) is 5.95. The second-order valence-corrected chi connectivity index (χ2v) is 3.98. The van der Waals surface area contributed by atoms with Gasteiger partial charge in [-0.1, -0.05) is 6.07 Å². The lowest BCUT2D eigenvalue weighted by molar-refractivity contribution is 0.779. The van der Waals surface area contributed by atoms with Crippen LogP contribution in [0.1, 0.15) is 0 Å². The summed E-state index contributed by atoms with van der Waals surface area (Å²) in [6.07, 6.45) is 1.83. The fourth-order valence-electron chi connectivity index (χ4n) is 0.910. The number of hydrogen-bond acceptors (Lipinski definition) is 3. The molecule has 11 heavy (non-hydrogen) atoms. The molecule has 1 aliphatic heterocycles. The number of aromatic nitrogens is 1. The molecule has 2 heterocycles. The molecule has 0 aromatic carbocycles. The highest BCUT2D eigenvalue weighted by atomic mass is 32.2. The molecule has 1 unspecified atom stereocenters. The molecule has 1 aromatic rings. The van der Waals surface area contributed by atoms with Crippen LogP contribution < -0.4 is 10.9 Å². The Labute approximate surface area is 67.7 Å². The molecule has 0 saturated heterocycles. The first-order chi connectivity index (χ1) is 5.47. The zero-order chi connectivity index (χ0) is 7.52. The van der Waals surface area contributed by atoms with Crippen molar-refractivity contribution in [2.75, 3.05) is 5.88 Å². The van der Waals surface area contributed by atoms with E-state index in [4.69, 9.17) is 0 Å². The Morgan fingerprint density at radius 1 is 1.45 bits per heavy atom. The number of nitrogens with one attached hydrogen (secondary N) is 2. The molecule has 0 bridgehead atoms. The first kappa shape index (κ1) is 6.97. The summed E-state index contributed by atoms with van der Waals surface area (Å²) in [6, 6.07) is 6.00. The highest BCUT2D eigenvalue weighted by Gasteiger charge is 2.03. The van der Waals surface area contributed by atoms with Crippen molar-refractivity contribution < 1.29 is 0 Å². The summed E-state index contributed by atoms with van der Waals surface area (Å²) < 4.78 is 0. The molecule has 58 valence electrons. The fraction of sp³-hybridized carbons (Fsp3) is 0.143.